The molecule has 1 aromatic rings. The van der Waals surface area contributed by atoms with Crippen LogP contribution < -0.4 is 5.32 Å². The van der Waals surface area contributed by atoms with E-state index in [9.17, 15) is 0 Å². The van der Waals surface area contributed by atoms with Gasteiger partial charge in [-0.05, 0) is 30.9 Å². The van der Waals surface area contributed by atoms with E-state index in [1.165, 1.54) is 30.4 Å². The summed E-state index contributed by atoms with van der Waals surface area (Å²) >= 11 is 0. The lowest BCUT2D eigenvalue weighted by Gasteiger charge is -2.28. The molecule has 2 nitrogen and oxygen atoms in total. The van der Waals surface area contributed by atoms with Gasteiger partial charge in [0, 0.05) is 12.6 Å². The molecule has 1 aliphatic rings. The Bertz CT molecular complexity index is 325. The maximum atomic E-state index is 5.83. The first kappa shape index (κ1) is 12.6. The van der Waals surface area contributed by atoms with Crippen LogP contribution in [0.2, 0.25) is 0 Å². The van der Waals surface area contributed by atoms with Crippen molar-refractivity contribution >= 4 is 0 Å². The maximum absolute atomic E-state index is 5.83. The summed E-state index contributed by atoms with van der Waals surface area (Å²) in [5, 5.41) is 3.45. The third-order valence-corrected chi connectivity index (χ3v) is 3.37. The smallest absolute Gasteiger partial charge is 0.0950 e. The number of aryl methyl sites for hydroxylation is 1. The predicted molar refractivity (Wildman–Crippen MR) is 71.2 cm³/mol. The molecule has 1 N–H and O–H groups in total. The fourth-order valence-electron chi connectivity index (χ4n) is 2.18. The number of nitrogens with one attached hydrogen (secondary N) is 1. The Morgan fingerprint density at radius 3 is 2.65 bits per heavy atom. The molecule has 2 rings (SSSR count). The van der Waals surface area contributed by atoms with Crippen LogP contribution >= 0.6 is 0 Å². The van der Waals surface area contributed by atoms with Crippen molar-refractivity contribution in [2.24, 2.45) is 0 Å². The van der Waals surface area contributed by atoms with Crippen LogP contribution in [0.5, 0.6) is 0 Å². The number of morpholine rings is 1. The molecule has 1 fully saturated rings. The summed E-state index contributed by atoms with van der Waals surface area (Å²) in [5.41, 5.74) is 2.73. The summed E-state index contributed by atoms with van der Waals surface area (Å²) in [6.07, 6.45) is 3.96. The van der Waals surface area contributed by atoms with Crippen molar-refractivity contribution < 1.29 is 4.74 Å². The lowest BCUT2D eigenvalue weighted by Crippen LogP contribution is -2.40. The van der Waals surface area contributed by atoms with Crippen molar-refractivity contribution in [1.29, 1.82) is 0 Å². The van der Waals surface area contributed by atoms with Gasteiger partial charge in [0.15, 0.2) is 0 Å². The van der Waals surface area contributed by atoms with Crippen LogP contribution in [0.25, 0.3) is 0 Å². The summed E-state index contributed by atoms with van der Waals surface area (Å²) in [6.45, 7) is 6.12. The first-order valence-electron chi connectivity index (χ1n) is 6.73. The zero-order valence-electron chi connectivity index (χ0n) is 10.9. The molecule has 0 amide bonds. The third kappa shape index (κ3) is 3.55. The number of hydrogen-bond donors (Lipinski definition) is 1. The Morgan fingerprint density at radius 2 is 2.06 bits per heavy atom. The topological polar surface area (TPSA) is 21.3 Å². The molecule has 1 heterocycles. The van der Waals surface area contributed by atoms with Gasteiger partial charge in [-0.2, -0.15) is 0 Å². The number of hydrogen-bond acceptors (Lipinski definition) is 2. The number of ether oxygens (including phenoxy) is 1. The Morgan fingerprint density at radius 1 is 1.29 bits per heavy atom. The molecule has 17 heavy (non-hydrogen) atoms. The Balaban J connectivity index is 1.93. The lowest BCUT2D eigenvalue weighted by molar-refractivity contribution is 0.00694. The van der Waals surface area contributed by atoms with Gasteiger partial charge in [-0.15, -0.1) is 0 Å². The lowest BCUT2D eigenvalue weighted by atomic mass is 10.0. The Labute approximate surface area is 104 Å². The van der Waals surface area contributed by atoms with Crippen LogP contribution in [-0.2, 0) is 11.2 Å². The molecule has 2 atom stereocenters. The standard InChI is InChI=1S/C15H23NO/c1-3-4-5-13-6-8-14(9-7-13)15-10-16-12(2)11-17-15/h6-9,12,15-16H,3-5,10-11H2,1-2H3. The van der Waals surface area contributed by atoms with Gasteiger partial charge in [-0.3, -0.25) is 0 Å². The zero-order chi connectivity index (χ0) is 12.1. The fraction of sp³-hybridized carbons (Fsp3) is 0.600. The molecule has 2 unspecified atom stereocenters. The number of unbranched alkanes of at least 4 members (excludes halogenated alkanes) is 1. The van der Waals surface area contributed by atoms with Crippen LogP contribution in [0.3, 0.4) is 0 Å². The predicted octanol–water partition coefficient (Wildman–Crippen LogP) is 3.08. The van der Waals surface area contributed by atoms with Gasteiger partial charge in [0.2, 0.25) is 0 Å². The Hall–Kier alpha value is -0.860. The Kier molecular flexibility index (Phi) is 4.57. The van der Waals surface area contributed by atoms with E-state index in [1.54, 1.807) is 0 Å². The van der Waals surface area contributed by atoms with Crippen LogP contribution in [-0.4, -0.2) is 19.2 Å². The second-order valence-electron chi connectivity index (χ2n) is 4.98. The third-order valence-electron chi connectivity index (χ3n) is 3.37. The van der Waals surface area contributed by atoms with E-state index in [0.717, 1.165) is 13.2 Å². The monoisotopic (exact) mass is 233 g/mol. The molecular weight excluding hydrogens is 210 g/mol. The quantitative estimate of drug-likeness (QED) is 0.863. The summed E-state index contributed by atoms with van der Waals surface area (Å²) in [5.74, 6) is 0. The summed E-state index contributed by atoms with van der Waals surface area (Å²) < 4.78 is 5.83. The molecule has 1 aliphatic heterocycles. The molecule has 1 saturated heterocycles. The van der Waals surface area contributed by atoms with Gasteiger partial charge in [0.1, 0.15) is 0 Å². The van der Waals surface area contributed by atoms with Crippen molar-refractivity contribution in [2.75, 3.05) is 13.2 Å². The summed E-state index contributed by atoms with van der Waals surface area (Å²) in [4.78, 5) is 0. The minimum atomic E-state index is 0.228. The summed E-state index contributed by atoms with van der Waals surface area (Å²) in [6, 6.07) is 9.40. The van der Waals surface area contributed by atoms with E-state index in [-0.39, 0.29) is 6.10 Å². The van der Waals surface area contributed by atoms with Crippen LogP contribution in [0.15, 0.2) is 24.3 Å². The first-order chi connectivity index (χ1) is 8.29. The molecule has 2 heteroatoms. The van der Waals surface area contributed by atoms with E-state index in [4.69, 9.17) is 4.74 Å². The van der Waals surface area contributed by atoms with E-state index >= 15 is 0 Å². The highest BCUT2D eigenvalue weighted by Crippen LogP contribution is 2.20. The average molecular weight is 233 g/mol. The highest BCUT2D eigenvalue weighted by Gasteiger charge is 2.19. The maximum Gasteiger partial charge on any atom is 0.0950 e. The van der Waals surface area contributed by atoms with Crippen molar-refractivity contribution in [3.8, 4) is 0 Å². The molecule has 0 radical (unpaired) electrons. The highest BCUT2D eigenvalue weighted by atomic mass is 16.5. The zero-order valence-corrected chi connectivity index (χ0v) is 10.9. The van der Waals surface area contributed by atoms with Crippen molar-refractivity contribution in [2.45, 2.75) is 45.3 Å². The number of benzene rings is 1. The van der Waals surface area contributed by atoms with E-state index in [2.05, 4.69) is 43.4 Å². The molecule has 0 spiro atoms. The van der Waals surface area contributed by atoms with Gasteiger partial charge in [0.05, 0.1) is 12.7 Å². The van der Waals surface area contributed by atoms with E-state index in [1.807, 2.05) is 0 Å². The van der Waals surface area contributed by atoms with Crippen LogP contribution in [0.1, 0.15) is 43.9 Å². The average Bonchev–Trinajstić information content (AvgIpc) is 2.38. The minimum absolute atomic E-state index is 0.228. The molecule has 0 aliphatic carbocycles. The highest BCUT2D eigenvalue weighted by molar-refractivity contribution is 5.25. The molecule has 0 saturated carbocycles. The minimum Gasteiger partial charge on any atom is -0.371 e. The van der Waals surface area contributed by atoms with Crippen LogP contribution in [0, 0.1) is 0 Å². The van der Waals surface area contributed by atoms with Gasteiger partial charge in [-0.25, -0.2) is 0 Å². The van der Waals surface area contributed by atoms with Gasteiger partial charge >= 0.3 is 0 Å². The molecule has 1 aromatic carbocycles. The SMILES string of the molecule is CCCCc1ccc(C2CNC(C)CO2)cc1. The van der Waals surface area contributed by atoms with Crippen LogP contribution in [0.4, 0.5) is 0 Å². The number of rotatable bonds is 4. The van der Waals surface area contributed by atoms with Crippen molar-refractivity contribution in [3.63, 3.8) is 0 Å². The molecule has 0 bridgehead atoms. The largest absolute Gasteiger partial charge is 0.371 e. The van der Waals surface area contributed by atoms with Crippen molar-refractivity contribution in [3.05, 3.63) is 35.4 Å². The van der Waals surface area contributed by atoms with Gasteiger partial charge < -0.3 is 10.1 Å². The molecule has 94 valence electrons. The van der Waals surface area contributed by atoms with E-state index < -0.39 is 0 Å². The van der Waals surface area contributed by atoms with Gasteiger partial charge in [0.25, 0.3) is 0 Å². The first-order valence-corrected chi connectivity index (χ1v) is 6.73. The van der Waals surface area contributed by atoms with Crippen molar-refractivity contribution in [1.82, 2.24) is 5.32 Å². The molecular formula is C15H23NO. The van der Waals surface area contributed by atoms with E-state index in [0.29, 0.717) is 6.04 Å². The second-order valence-corrected chi connectivity index (χ2v) is 4.98. The normalized spacial score (nSPS) is 24.8. The van der Waals surface area contributed by atoms with Gasteiger partial charge in [-0.1, -0.05) is 37.6 Å². The summed E-state index contributed by atoms with van der Waals surface area (Å²) in [7, 11) is 0. The fourth-order valence-corrected chi connectivity index (χ4v) is 2.18. The second kappa shape index (κ2) is 6.18. The molecule has 0 aromatic heterocycles.